The average molecular weight is 486 g/mol. The number of para-hydroxylation sites is 1. The molecule has 3 aromatic carbocycles. The Labute approximate surface area is 207 Å². The number of aromatic nitrogens is 2. The Bertz CT molecular complexity index is 1550. The van der Waals surface area contributed by atoms with Crippen LogP contribution in [-0.2, 0) is 11.3 Å². The van der Waals surface area contributed by atoms with Crippen LogP contribution in [0.3, 0.4) is 0 Å². The number of rotatable bonds is 5. The number of fused-ring (bicyclic) bond motifs is 3. The third-order valence-corrected chi connectivity index (χ3v) is 6.46. The fraction of sp³-hybridized carbons (Fsp3) is 0.0714. The number of pyridine rings is 1. The van der Waals surface area contributed by atoms with Gasteiger partial charge in [0.05, 0.1) is 39.5 Å². The normalized spacial score (nSPS) is 11.5. The SMILES string of the molecule is Cc1ccc(-n2c3ccccc3c3cc(CNC(=O)/C=C/c4ccc(Cl)c(Cl)c4)ncc32)cc1. The van der Waals surface area contributed by atoms with Gasteiger partial charge in [0, 0.05) is 22.5 Å². The molecule has 0 saturated heterocycles. The van der Waals surface area contributed by atoms with E-state index in [1.807, 2.05) is 24.4 Å². The Morgan fingerprint density at radius 1 is 0.941 bits per heavy atom. The largest absolute Gasteiger partial charge is 0.347 e. The summed E-state index contributed by atoms with van der Waals surface area (Å²) in [6.45, 7) is 2.40. The number of benzene rings is 3. The molecule has 2 heterocycles. The second-order valence-electron chi connectivity index (χ2n) is 8.11. The first-order chi connectivity index (χ1) is 16.5. The minimum atomic E-state index is -0.213. The Morgan fingerprint density at radius 2 is 1.74 bits per heavy atom. The second-order valence-corrected chi connectivity index (χ2v) is 8.92. The maximum Gasteiger partial charge on any atom is 0.244 e. The Hall–Kier alpha value is -3.60. The maximum absolute atomic E-state index is 12.3. The first-order valence-electron chi connectivity index (χ1n) is 10.9. The summed E-state index contributed by atoms with van der Waals surface area (Å²) in [5.41, 5.74) is 6.04. The number of carbonyl (C=O) groups is 1. The molecule has 6 heteroatoms. The van der Waals surface area contributed by atoms with Gasteiger partial charge >= 0.3 is 0 Å². The Morgan fingerprint density at radius 3 is 2.53 bits per heavy atom. The number of halogens is 2. The van der Waals surface area contributed by atoms with Crippen LogP contribution in [0, 0.1) is 6.92 Å². The summed E-state index contributed by atoms with van der Waals surface area (Å²) >= 11 is 12.0. The quantitative estimate of drug-likeness (QED) is 0.269. The van der Waals surface area contributed by atoms with E-state index in [9.17, 15) is 4.79 Å². The molecular formula is C28H21Cl2N3O. The molecule has 0 atom stereocenters. The summed E-state index contributed by atoms with van der Waals surface area (Å²) in [4.78, 5) is 17.0. The smallest absolute Gasteiger partial charge is 0.244 e. The van der Waals surface area contributed by atoms with E-state index < -0.39 is 0 Å². The van der Waals surface area contributed by atoms with Gasteiger partial charge in [0.1, 0.15) is 0 Å². The van der Waals surface area contributed by atoms with Crippen LogP contribution in [0.5, 0.6) is 0 Å². The van der Waals surface area contributed by atoms with E-state index >= 15 is 0 Å². The van der Waals surface area contributed by atoms with Crippen LogP contribution in [0.4, 0.5) is 0 Å². The van der Waals surface area contributed by atoms with Crippen molar-refractivity contribution in [3.05, 3.63) is 112 Å². The number of aryl methyl sites for hydroxylation is 1. The number of carbonyl (C=O) groups excluding carboxylic acids is 1. The molecule has 0 fully saturated rings. The van der Waals surface area contributed by atoms with Crippen molar-refractivity contribution in [3.63, 3.8) is 0 Å². The van der Waals surface area contributed by atoms with E-state index in [2.05, 4.69) is 58.2 Å². The highest BCUT2D eigenvalue weighted by Crippen LogP contribution is 2.32. The summed E-state index contributed by atoms with van der Waals surface area (Å²) in [5.74, 6) is -0.213. The number of nitrogens with one attached hydrogen (secondary N) is 1. The van der Waals surface area contributed by atoms with Crippen molar-refractivity contribution in [2.24, 2.45) is 0 Å². The van der Waals surface area contributed by atoms with E-state index in [1.165, 1.54) is 11.6 Å². The molecule has 34 heavy (non-hydrogen) atoms. The summed E-state index contributed by atoms with van der Waals surface area (Å²) in [7, 11) is 0. The molecule has 168 valence electrons. The predicted octanol–water partition coefficient (Wildman–Crippen LogP) is 7.12. The van der Waals surface area contributed by atoms with Gasteiger partial charge < -0.3 is 9.88 Å². The van der Waals surface area contributed by atoms with Gasteiger partial charge in [-0.3, -0.25) is 9.78 Å². The summed E-state index contributed by atoms with van der Waals surface area (Å²) in [6, 6.07) is 24.0. The van der Waals surface area contributed by atoms with Crippen molar-refractivity contribution in [1.29, 1.82) is 0 Å². The molecule has 2 aromatic heterocycles. The fourth-order valence-corrected chi connectivity index (χ4v) is 4.31. The van der Waals surface area contributed by atoms with E-state index in [4.69, 9.17) is 23.2 Å². The van der Waals surface area contributed by atoms with E-state index in [-0.39, 0.29) is 5.91 Å². The molecule has 1 N–H and O–H groups in total. The van der Waals surface area contributed by atoms with Gasteiger partial charge in [-0.1, -0.05) is 65.2 Å². The molecule has 0 saturated carbocycles. The zero-order valence-corrected chi connectivity index (χ0v) is 19.9. The summed E-state index contributed by atoms with van der Waals surface area (Å²) < 4.78 is 2.22. The topological polar surface area (TPSA) is 46.9 Å². The number of amides is 1. The molecule has 1 amide bonds. The molecule has 0 bridgehead atoms. The zero-order chi connectivity index (χ0) is 23.7. The predicted molar refractivity (Wildman–Crippen MR) is 141 cm³/mol. The van der Waals surface area contributed by atoms with Gasteiger partial charge in [-0.15, -0.1) is 0 Å². The van der Waals surface area contributed by atoms with Crippen LogP contribution in [-0.4, -0.2) is 15.5 Å². The number of hydrogen-bond donors (Lipinski definition) is 1. The molecule has 5 aromatic rings. The molecule has 0 aliphatic heterocycles. The van der Waals surface area contributed by atoms with Crippen LogP contribution >= 0.6 is 23.2 Å². The van der Waals surface area contributed by atoms with E-state index in [0.717, 1.165) is 38.8 Å². The van der Waals surface area contributed by atoms with Gasteiger partial charge in [0.2, 0.25) is 5.91 Å². The van der Waals surface area contributed by atoms with Gasteiger partial charge in [0.15, 0.2) is 0 Å². The van der Waals surface area contributed by atoms with Crippen LogP contribution in [0.25, 0.3) is 33.6 Å². The molecule has 0 aliphatic carbocycles. The second kappa shape index (κ2) is 9.34. The van der Waals surface area contributed by atoms with E-state index in [1.54, 1.807) is 24.3 Å². The molecule has 0 radical (unpaired) electrons. The molecule has 0 aliphatic rings. The number of nitrogens with zero attached hydrogens (tertiary/aromatic N) is 2. The molecule has 0 spiro atoms. The van der Waals surface area contributed by atoms with Crippen LogP contribution in [0.15, 0.2) is 85.1 Å². The first-order valence-corrected chi connectivity index (χ1v) is 11.6. The maximum atomic E-state index is 12.3. The van der Waals surface area contributed by atoms with Crippen molar-refractivity contribution >= 4 is 57.0 Å². The Kier molecular flexibility index (Phi) is 6.10. The monoisotopic (exact) mass is 485 g/mol. The lowest BCUT2D eigenvalue weighted by molar-refractivity contribution is -0.116. The van der Waals surface area contributed by atoms with Crippen molar-refractivity contribution in [3.8, 4) is 5.69 Å². The lowest BCUT2D eigenvalue weighted by atomic mass is 10.1. The minimum Gasteiger partial charge on any atom is -0.347 e. The van der Waals surface area contributed by atoms with Crippen LogP contribution in [0.1, 0.15) is 16.8 Å². The highest BCUT2D eigenvalue weighted by atomic mass is 35.5. The minimum absolute atomic E-state index is 0.213. The van der Waals surface area contributed by atoms with Gasteiger partial charge in [0.25, 0.3) is 0 Å². The summed E-state index contributed by atoms with van der Waals surface area (Å²) in [5, 5.41) is 6.07. The highest BCUT2D eigenvalue weighted by molar-refractivity contribution is 6.42. The molecule has 4 nitrogen and oxygen atoms in total. The van der Waals surface area contributed by atoms with Crippen LogP contribution < -0.4 is 5.32 Å². The average Bonchev–Trinajstić information content (AvgIpc) is 3.18. The lowest BCUT2D eigenvalue weighted by Crippen LogP contribution is -2.20. The third-order valence-electron chi connectivity index (χ3n) is 5.72. The molecule has 0 unspecified atom stereocenters. The van der Waals surface area contributed by atoms with Gasteiger partial charge in [-0.2, -0.15) is 0 Å². The van der Waals surface area contributed by atoms with Gasteiger partial charge in [-0.25, -0.2) is 0 Å². The fourth-order valence-electron chi connectivity index (χ4n) is 4.00. The zero-order valence-electron chi connectivity index (χ0n) is 18.4. The lowest BCUT2D eigenvalue weighted by Gasteiger charge is -2.08. The highest BCUT2D eigenvalue weighted by Gasteiger charge is 2.13. The van der Waals surface area contributed by atoms with E-state index in [0.29, 0.717) is 16.6 Å². The van der Waals surface area contributed by atoms with Crippen molar-refractivity contribution in [2.75, 3.05) is 0 Å². The van der Waals surface area contributed by atoms with Crippen molar-refractivity contribution < 1.29 is 4.79 Å². The van der Waals surface area contributed by atoms with Crippen LogP contribution in [0.2, 0.25) is 10.0 Å². The number of hydrogen-bond acceptors (Lipinski definition) is 2. The molecule has 5 rings (SSSR count). The van der Waals surface area contributed by atoms with Gasteiger partial charge in [-0.05, 0) is 55.0 Å². The first kappa shape index (κ1) is 22.2. The third kappa shape index (κ3) is 4.43. The van der Waals surface area contributed by atoms with Crippen molar-refractivity contribution in [2.45, 2.75) is 13.5 Å². The molecular weight excluding hydrogens is 465 g/mol. The summed E-state index contributed by atoms with van der Waals surface area (Å²) in [6.07, 6.45) is 5.05. The standard InChI is InChI=1S/C28H21Cl2N3O/c1-18-6-10-21(11-7-18)33-26-5-3-2-4-22(26)23-15-20(31-17-27(23)33)16-32-28(34)13-9-19-8-12-24(29)25(30)14-19/h2-15,17H,16H2,1H3,(H,32,34)/b13-9+. The van der Waals surface area contributed by atoms with Crippen molar-refractivity contribution in [1.82, 2.24) is 14.9 Å². The Balaban J connectivity index is 1.40.